The third-order valence-corrected chi connectivity index (χ3v) is 2.59. The minimum Gasteiger partial charge on any atom is -0.493 e. The van der Waals surface area contributed by atoms with Gasteiger partial charge in [-0.1, -0.05) is 6.07 Å². The molecule has 0 bridgehead atoms. The quantitative estimate of drug-likeness (QED) is 0.840. The summed E-state index contributed by atoms with van der Waals surface area (Å²) < 4.78 is 16.3. The number of benzene rings is 2. The Bertz CT molecular complexity index is 578. The maximum absolute atomic E-state index is 8.75. The van der Waals surface area contributed by atoms with E-state index < -0.39 is 0 Å². The van der Waals surface area contributed by atoms with E-state index in [1.54, 1.807) is 50.6 Å². The van der Waals surface area contributed by atoms with Crippen molar-refractivity contribution in [3.05, 3.63) is 48.0 Å². The summed E-state index contributed by atoms with van der Waals surface area (Å²) in [6, 6.07) is 14.3. The topological polar surface area (TPSA) is 51.5 Å². The van der Waals surface area contributed by atoms with Crippen LogP contribution in [0, 0.1) is 11.3 Å². The number of hydrogen-bond acceptors (Lipinski definition) is 4. The highest BCUT2D eigenvalue weighted by atomic mass is 16.5. The molecule has 0 aromatic heterocycles. The fourth-order valence-corrected chi connectivity index (χ4v) is 1.63. The van der Waals surface area contributed by atoms with E-state index in [4.69, 9.17) is 19.5 Å². The SMILES string of the molecule is COc1cccc(OC)c1Oc1ccc(C#N)cc1. The lowest BCUT2D eigenvalue weighted by molar-refractivity contribution is 0.346. The minimum atomic E-state index is 0.511. The molecule has 0 atom stereocenters. The summed E-state index contributed by atoms with van der Waals surface area (Å²) >= 11 is 0. The molecule has 0 saturated carbocycles. The highest BCUT2D eigenvalue weighted by molar-refractivity contribution is 5.53. The van der Waals surface area contributed by atoms with Crippen molar-refractivity contribution in [3.8, 4) is 29.1 Å². The number of rotatable bonds is 4. The van der Waals surface area contributed by atoms with E-state index in [0.29, 0.717) is 28.6 Å². The lowest BCUT2D eigenvalue weighted by atomic mass is 10.2. The molecule has 0 aliphatic heterocycles. The number of para-hydroxylation sites is 1. The molecule has 0 N–H and O–H groups in total. The molecule has 2 rings (SSSR count). The third-order valence-electron chi connectivity index (χ3n) is 2.59. The van der Waals surface area contributed by atoms with Gasteiger partial charge in [0.1, 0.15) is 5.75 Å². The van der Waals surface area contributed by atoms with Crippen molar-refractivity contribution in [2.24, 2.45) is 0 Å². The van der Waals surface area contributed by atoms with E-state index in [0.717, 1.165) is 0 Å². The van der Waals surface area contributed by atoms with Crippen LogP contribution in [0.5, 0.6) is 23.0 Å². The molecule has 0 aliphatic rings. The Morgan fingerprint density at radius 3 is 1.95 bits per heavy atom. The summed E-state index contributed by atoms with van der Waals surface area (Å²) in [5.41, 5.74) is 0.583. The zero-order valence-electron chi connectivity index (χ0n) is 10.7. The molecule has 2 aromatic carbocycles. The zero-order chi connectivity index (χ0) is 13.7. The molecule has 96 valence electrons. The smallest absolute Gasteiger partial charge is 0.210 e. The molecule has 2 aromatic rings. The maximum atomic E-state index is 8.75. The first-order valence-corrected chi connectivity index (χ1v) is 5.67. The van der Waals surface area contributed by atoms with Gasteiger partial charge in [0, 0.05) is 0 Å². The predicted molar refractivity (Wildman–Crippen MR) is 70.8 cm³/mol. The van der Waals surface area contributed by atoms with E-state index in [-0.39, 0.29) is 0 Å². The van der Waals surface area contributed by atoms with E-state index in [1.807, 2.05) is 6.07 Å². The fourth-order valence-electron chi connectivity index (χ4n) is 1.63. The molecule has 0 radical (unpaired) electrons. The van der Waals surface area contributed by atoms with E-state index in [9.17, 15) is 0 Å². The van der Waals surface area contributed by atoms with Crippen molar-refractivity contribution in [1.82, 2.24) is 0 Å². The number of nitriles is 1. The minimum absolute atomic E-state index is 0.511. The molecule has 0 heterocycles. The van der Waals surface area contributed by atoms with Gasteiger partial charge in [0.25, 0.3) is 0 Å². The van der Waals surface area contributed by atoms with Gasteiger partial charge in [0.15, 0.2) is 11.5 Å². The van der Waals surface area contributed by atoms with Crippen LogP contribution in [0.25, 0.3) is 0 Å². The van der Waals surface area contributed by atoms with Gasteiger partial charge >= 0.3 is 0 Å². The van der Waals surface area contributed by atoms with Crippen LogP contribution in [0.3, 0.4) is 0 Å². The Labute approximate surface area is 111 Å². The summed E-state index contributed by atoms with van der Waals surface area (Å²) in [5.74, 6) is 2.30. The summed E-state index contributed by atoms with van der Waals surface area (Å²) in [4.78, 5) is 0. The van der Waals surface area contributed by atoms with Crippen LogP contribution in [0.1, 0.15) is 5.56 Å². The number of ether oxygens (including phenoxy) is 3. The van der Waals surface area contributed by atoms with Gasteiger partial charge in [0.2, 0.25) is 5.75 Å². The molecule has 4 nitrogen and oxygen atoms in total. The average Bonchev–Trinajstić information content (AvgIpc) is 2.48. The molecule has 4 heteroatoms. The van der Waals surface area contributed by atoms with Crippen molar-refractivity contribution in [1.29, 1.82) is 5.26 Å². The van der Waals surface area contributed by atoms with Crippen molar-refractivity contribution in [3.63, 3.8) is 0 Å². The molecule has 0 unspecified atom stereocenters. The fraction of sp³-hybridized carbons (Fsp3) is 0.133. The van der Waals surface area contributed by atoms with Crippen LogP contribution in [0.4, 0.5) is 0 Å². The van der Waals surface area contributed by atoms with Crippen molar-refractivity contribution in [2.45, 2.75) is 0 Å². The maximum Gasteiger partial charge on any atom is 0.210 e. The highest BCUT2D eigenvalue weighted by Gasteiger charge is 2.12. The van der Waals surface area contributed by atoms with Crippen LogP contribution < -0.4 is 14.2 Å². The van der Waals surface area contributed by atoms with Crippen LogP contribution in [0.15, 0.2) is 42.5 Å². The lowest BCUT2D eigenvalue weighted by Gasteiger charge is -2.13. The molecular weight excluding hydrogens is 242 g/mol. The molecule has 0 fully saturated rings. The summed E-state index contributed by atoms with van der Waals surface area (Å²) in [6.07, 6.45) is 0. The summed E-state index contributed by atoms with van der Waals surface area (Å²) in [6.45, 7) is 0. The van der Waals surface area contributed by atoms with Gasteiger partial charge in [-0.05, 0) is 36.4 Å². The molecule has 0 spiro atoms. The van der Waals surface area contributed by atoms with E-state index in [1.165, 1.54) is 0 Å². The van der Waals surface area contributed by atoms with Crippen LogP contribution in [0.2, 0.25) is 0 Å². The highest BCUT2D eigenvalue weighted by Crippen LogP contribution is 2.39. The Morgan fingerprint density at radius 2 is 1.47 bits per heavy atom. The normalized spacial score (nSPS) is 9.53. The standard InChI is InChI=1S/C15H13NO3/c1-17-13-4-3-5-14(18-2)15(13)19-12-8-6-11(10-16)7-9-12/h3-9H,1-2H3. The third kappa shape index (κ3) is 2.78. The zero-order valence-corrected chi connectivity index (χ0v) is 10.7. The second-order valence-corrected chi connectivity index (χ2v) is 3.73. The Balaban J connectivity index is 2.34. The van der Waals surface area contributed by atoms with Crippen LogP contribution in [-0.2, 0) is 0 Å². The molecule has 19 heavy (non-hydrogen) atoms. The first-order chi connectivity index (χ1) is 9.28. The van der Waals surface area contributed by atoms with Crippen molar-refractivity contribution < 1.29 is 14.2 Å². The van der Waals surface area contributed by atoms with Crippen molar-refractivity contribution >= 4 is 0 Å². The number of hydrogen-bond donors (Lipinski definition) is 0. The number of nitrogens with zero attached hydrogens (tertiary/aromatic N) is 1. The largest absolute Gasteiger partial charge is 0.493 e. The van der Waals surface area contributed by atoms with Gasteiger partial charge in [0.05, 0.1) is 25.9 Å². The first kappa shape index (κ1) is 12.8. The molecule has 0 saturated heterocycles. The van der Waals surface area contributed by atoms with Crippen molar-refractivity contribution in [2.75, 3.05) is 14.2 Å². The van der Waals surface area contributed by atoms with Crippen LogP contribution in [-0.4, -0.2) is 14.2 Å². The van der Waals surface area contributed by atoms with Gasteiger partial charge in [-0.15, -0.1) is 0 Å². The number of methoxy groups -OCH3 is 2. The van der Waals surface area contributed by atoms with E-state index in [2.05, 4.69) is 6.07 Å². The van der Waals surface area contributed by atoms with Gasteiger partial charge in [-0.3, -0.25) is 0 Å². The average molecular weight is 255 g/mol. The Kier molecular flexibility index (Phi) is 3.89. The van der Waals surface area contributed by atoms with Gasteiger partial charge in [-0.25, -0.2) is 0 Å². The van der Waals surface area contributed by atoms with Crippen LogP contribution >= 0.6 is 0 Å². The molecular formula is C15H13NO3. The first-order valence-electron chi connectivity index (χ1n) is 5.67. The second-order valence-electron chi connectivity index (χ2n) is 3.73. The Hall–Kier alpha value is -2.67. The van der Waals surface area contributed by atoms with Gasteiger partial charge in [-0.2, -0.15) is 5.26 Å². The Morgan fingerprint density at radius 1 is 0.895 bits per heavy atom. The summed E-state index contributed by atoms with van der Waals surface area (Å²) in [7, 11) is 3.14. The van der Waals surface area contributed by atoms with Gasteiger partial charge < -0.3 is 14.2 Å². The lowest BCUT2D eigenvalue weighted by Crippen LogP contribution is -1.94. The predicted octanol–water partition coefficient (Wildman–Crippen LogP) is 3.37. The van der Waals surface area contributed by atoms with E-state index >= 15 is 0 Å². The monoisotopic (exact) mass is 255 g/mol. The summed E-state index contributed by atoms with van der Waals surface area (Å²) in [5, 5.41) is 8.75. The second kappa shape index (κ2) is 5.78. The molecule has 0 amide bonds. The molecule has 0 aliphatic carbocycles.